The molecule has 0 fully saturated rings. The van der Waals surface area contributed by atoms with Gasteiger partial charge in [0.1, 0.15) is 13.2 Å². The number of ether oxygens (including phenoxy) is 3. The van der Waals surface area contributed by atoms with E-state index >= 15 is 0 Å². The lowest BCUT2D eigenvalue weighted by molar-refractivity contribution is -0.167. The van der Waals surface area contributed by atoms with Crippen molar-refractivity contribution in [3.63, 3.8) is 0 Å². The van der Waals surface area contributed by atoms with Crippen molar-refractivity contribution in [2.45, 2.75) is 290 Å². The normalized spacial score (nSPS) is 12.7. The molecule has 0 aliphatic rings. The predicted octanol–water partition coefficient (Wildman–Crippen LogP) is 19.9. The van der Waals surface area contributed by atoms with Gasteiger partial charge in [-0.25, -0.2) is 0 Å². The summed E-state index contributed by atoms with van der Waals surface area (Å²) in [5.41, 5.74) is 0. The molecule has 0 N–H and O–H groups in total. The minimum absolute atomic E-state index is 0.0928. The zero-order valence-corrected chi connectivity index (χ0v) is 46.0. The first-order valence-electron chi connectivity index (χ1n) is 29.6. The smallest absolute Gasteiger partial charge is 0.306 e. The third kappa shape index (κ3) is 55.5. The number of carbonyl (C=O) groups is 3. The predicted molar refractivity (Wildman–Crippen MR) is 302 cm³/mol. The highest BCUT2D eigenvalue weighted by molar-refractivity contribution is 5.71. The van der Waals surface area contributed by atoms with Gasteiger partial charge in [0, 0.05) is 19.3 Å². The van der Waals surface area contributed by atoms with Gasteiger partial charge >= 0.3 is 17.9 Å². The molecule has 0 aromatic carbocycles. The first kappa shape index (κ1) is 66.6. The Morgan fingerprint density at radius 2 is 0.557 bits per heavy atom. The molecule has 0 rings (SSSR count). The van der Waals surface area contributed by atoms with Crippen molar-refractivity contribution in [2.24, 2.45) is 0 Å². The molecule has 0 aliphatic heterocycles. The van der Waals surface area contributed by atoms with Crippen LogP contribution < -0.4 is 0 Å². The van der Waals surface area contributed by atoms with Gasteiger partial charge < -0.3 is 14.2 Å². The molecule has 0 bridgehead atoms. The van der Waals surface area contributed by atoms with Crippen LogP contribution in [0.2, 0.25) is 0 Å². The van der Waals surface area contributed by atoms with Crippen molar-refractivity contribution in [2.75, 3.05) is 13.2 Å². The molecule has 0 aromatic heterocycles. The zero-order chi connectivity index (χ0) is 50.7. The van der Waals surface area contributed by atoms with Crippen LogP contribution in [-0.4, -0.2) is 37.2 Å². The first-order chi connectivity index (χ1) is 34.5. The Morgan fingerprint density at radius 3 is 0.914 bits per heavy atom. The van der Waals surface area contributed by atoms with Crippen LogP contribution in [0.5, 0.6) is 0 Å². The molecule has 0 saturated heterocycles. The molecule has 1 atom stereocenters. The standard InChI is InChI=1S/C64H110O6/c1-4-7-10-13-16-19-22-25-28-30-32-34-36-39-42-45-48-51-54-57-63(66)69-60-61(59-68-62(65)56-53-50-47-44-41-38-35-27-24-21-18-15-12-9-6-3)70-64(67)58-55-52-49-46-43-40-37-33-31-29-26-23-20-17-14-11-8-5-2/h7,10,16,18-19,21,25,27-28,32,34-35,39,42,61H,4-6,8-9,11-15,17,20,22-24,26,29-31,33,36-38,40-41,43-60H2,1-3H3/b10-7+,19-16+,21-18+,28-25+,34-32+,35-27+,42-39+/t61-/m1/s1. The molecule has 0 aromatic rings. The first-order valence-corrected chi connectivity index (χ1v) is 29.6. The quantitative estimate of drug-likeness (QED) is 0.0261. The van der Waals surface area contributed by atoms with E-state index in [1.807, 2.05) is 0 Å². The van der Waals surface area contributed by atoms with Gasteiger partial charge in [0.05, 0.1) is 0 Å². The molecule has 0 radical (unpaired) electrons. The highest BCUT2D eigenvalue weighted by atomic mass is 16.6. The summed E-state index contributed by atoms with van der Waals surface area (Å²) in [6, 6.07) is 0. The Balaban J connectivity index is 4.44. The van der Waals surface area contributed by atoms with Crippen molar-refractivity contribution >= 4 is 17.9 Å². The number of hydrogen-bond acceptors (Lipinski definition) is 6. The molecule has 402 valence electrons. The Hall–Kier alpha value is -3.41. The summed E-state index contributed by atoms with van der Waals surface area (Å²) in [5, 5.41) is 0. The lowest BCUT2D eigenvalue weighted by Gasteiger charge is -2.18. The molecule has 0 aliphatic carbocycles. The van der Waals surface area contributed by atoms with Crippen LogP contribution in [0.15, 0.2) is 85.1 Å². The number of unbranched alkanes of at least 4 members (excludes halogenated alkanes) is 28. The maximum Gasteiger partial charge on any atom is 0.306 e. The second-order valence-corrected chi connectivity index (χ2v) is 19.5. The lowest BCUT2D eigenvalue weighted by atomic mass is 10.0. The number of hydrogen-bond donors (Lipinski definition) is 0. The fourth-order valence-electron chi connectivity index (χ4n) is 8.21. The number of carbonyl (C=O) groups excluding carboxylic acids is 3. The van der Waals surface area contributed by atoms with Crippen molar-refractivity contribution in [1.29, 1.82) is 0 Å². The lowest BCUT2D eigenvalue weighted by Crippen LogP contribution is -2.30. The maximum atomic E-state index is 12.9. The maximum absolute atomic E-state index is 12.9. The van der Waals surface area contributed by atoms with Gasteiger partial charge in [-0.05, 0) is 96.3 Å². The van der Waals surface area contributed by atoms with Gasteiger partial charge in [0.15, 0.2) is 6.10 Å². The van der Waals surface area contributed by atoms with Crippen molar-refractivity contribution in [1.82, 2.24) is 0 Å². The third-order valence-electron chi connectivity index (χ3n) is 12.6. The van der Waals surface area contributed by atoms with Gasteiger partial charge in [0.25, 0.3) is 0 Å². The Labute approximate surface area is 433 Å². The number of esters is 3. The molecule has 6 nitrogen and oxygen atoms in total. The Bertz CT molecular complexity index is 1350. The van der Waals surface area contributed by atoms with E-state index < -0.39 is 6.10 Å². The van der Waals surface area contributed by atoms with Gasteiger partial charge in [-0.15, -0.1) is 0 Å². The van der Waals surface area contributed by atoms with Crippen LogP contribution in [-0.2, 0) is 28.6 Å². The average molecular weight is 976 g/mol. The molecular weight excluding hydrogens is 865 g/mol. The van der Waals surface area contributed by atoms with E-state index in [1.54, 1.807) is 0 Å². The molecule has 0 amide bonds. The van der Waals surface area contributed by atoms with Gasteiger partial charge in [-0.1, -0.05) is 254 Å². The van der Waals surface area contributed by atoms with Gasteiger partial charge in [-0.3, -0.25) is 14.4 Å². The second kappa shape index (κ2) is 58.2. The summed E-state index contributed by atoms with van der Waals surface area (Å²) < 4.78 is 16.9. The van der Waals surface area contributed by atoms with E-state index in [9.17, 15) is 14.4 Å². The van der Waals surface area contributed by atoms with Gasteiger partial charge in [-0.2, -0.15) is 0 Å². The third-order valence-corrected chi connectivity index (χ3v) is 12.6. The van der Waals surface area contributed by atoms with E-state index in [0.717, 1.165) is 122 Å². The van der Waals surface area contributed by atoms with Crippen LogP contribution in [0.25, 0.3) is 0 Å². The summed E-state index contributed by atoms with van der Waals surface area (Å²) in [6.07, 6.45) is 75.7. The van der Waals surface area contributed by atoms with E-state index in [1.165, 1.54) is 122 Å². The summed E-state index contributed by atoms with van der Waals surface area (Å²) in [5.74, 6) is -0.928. The molecule has 6 heteroatoms. The number of rotatable bonds is 53. The molecule has 70 heavy (non-hydrogen) atoms. The molecule has 0 unspecified atom stereocenters. The minimum atomic E-state index is -0.795. The summed E-state index contributed by atoms with van der Waals surface area (Å²) in [7, 11) is 0. The molecule has 0 saturated carbocycles. The fourth-order valence-corrected chi connectivity index (χ4v) is 8.21. The molecular formula is C64H110O6. The highest BCUT2D eigenvalue weighted by Gasteiger charge is 2.19. The van der Waals surface area contributed by atoms with E-state index in [-0.39, 0.29) is 31.1 Å². The van der Waals surface area contributed by atoms with Crippen LogP contribution >= 0.6 is 0 Å². The van der Waals surface area contributed by atoms with Crippen LogP contribution in [0.1, 0.15) is 284 Å². The summed E-state index contributed by atoms with van der Waals surface area (Å²) >= 11 is 0. The van der Waals surface area contributed by atoms with Crippen molar-refractivity contribution < 1.29 is 28.6 Å². The van der Waals surface area contributed by atoms with Crippen molar-refractivity contribution in [3.8, 4) is 0 Å². The Kier molecular flexibility index (Phi) is 55.3. The highest BCUT2D eigenvalue weighted by Crippen LogP contribution is 2.16. The summed E-state index contributed by atoms with van der Waals surface area (Å²) in [4.78, 5) is 38.2. The fraction of sp³-hybridized carbons (Fsp3) is 0.734. The van der Waals surface area contributed by atoms with E-state index in [2.05, 4.69) is 106 Å². The van der Waals surface area contributed by atoms with E-state index in [4.69, 9.17) is 14.2 Å². The largest absolute Gasteiger partial charge is 0.462 e. The Morgan fingerprint density at radius 1 is 0.300 bits per heavy atom. The van der Waals surface area contributed by atoms with Gasteiger partial charge in [0.2, 0.25) is 0 Å². The van der Waals surface area contributed by atoms with Crippen LogP contribution in [0, 0.1) is 0 Å². The number of allylic oxidation sites excluding steroid dienone is 14. The second-order valence-electron chi connectivity index (χ2n) is 19.5. The van der Waals surface area contributed by atoms with Crippen molar-refractivity contribution in [3.05, 3.63) is 85.1 Å². The van der Waals surface area contributed by atoms with Crippen LogP contribution in [0.4, 0.5) is 0 Å². The zero-order valence-electron chi connectivity index (χ0n) is 46.0. The van der Waals surface area contributed by atoms with E-state index in [0.29, 0.717) is 19.3 Å². The summed E-state index contributed by atoms with van der Waals surface area (Å²) in [6.45, 7) is 6.48. The average Bonchev–Trinajstić information content (AvgIpc) is 3.36. The molecule has 0 spiro atoms. The minimum Gasteiger partial charge on any atom is -0.462 e. The molecule has 0 heterocycles. The topological polar surface area (TPSA) is 78.9 Å². The monoisotopic (exact) mass is 975 g/mol. The van der Waals surface area contributed by atoms with Crippen LogP contribution in [0.3, 0.4) is 0 Å². The SMILES string of the molecule is CC/C=C/C/C=C/C/C=C/C/C=C/C/C=C/CCCCCC(=O)OC[C@@H](COC(=O)CCCCCCC/C=C/C/C=C/CCCCC)OC(=O)CCCCCCCCCCCCCCCCCCCC.